The highest BCUT2D eigenvalue weighted by atomic mass is 19.4. The molecule has 2 aromatic carbocycles. The van der Waals surface area contributed by atoms with Crippen molar-refractivity contribution in [2.24, 2.45) is 0 Å². The van der Waals surface area contributed by atoms with E-state index in [-0.39, 0.29) is 6.42 Å². The van der Waals surface area contributed by atoms with Gasteiger partial charge in [-0.3, -0.25) is 0 Å². The normalized spacial score (nSPS) is 13.1. The summed E-state index contributed by atoms with van der Waals surface area (Å²) in [6.45, 7) is 4.21. The van der Waals surface area contributed by atoms with E-state index in [4.69, 9.17) is 0 Å². The minimum Gasteiger partial charge on any atom is -0.377 e. The van der Waals surface area contributed by atoms with Crippen molar-refractivity contribution in [3.05, 3.63) is 65.2 Å². The second-order valence-electron chi connectivity index (χ2n) is 5.96. The van der Waals surface area contributed by atoms with E-state index in [1.807, 2.05) is 24.3 Å². The monoisotopic (exact) mass is 338 g/mol. The predicted octanol–water partition coefficient (Wildman–Crippen LogP) is 4.31. The van der Waals surface area contributed by atoms with Gasteiger partial charge < -0.3 is 10.5 Å². The van der Waals surface area contributed by atoms with E-state index in [0.29, 0.717) is 11.5 Å². The van der Waals surface area contributed by atoms with Gasteiger partial charge in [0, 0.05) is 12.1 Å². The van der Waals surface area contributed by atoms with E-state index in [1.54, 1.807) is 0 Å². The minimum atomic E-state index is -4.35. The van der Waals surface area contributed by atoms with Crippen LogP contribution in [-0.4, -0.2) is 11.3 Å². The predicted molar refractivity (Wildman–Crippen MR) is 88.4 cm³/mol. The van der Waals surface area contributed by atoms with Crippen molar-refractivity contribution < 1.29 is 18.3 Å². The fourth-order valence-corrected chi connectivity index (χ4v) is 2.22. The molecule has 0 aliphatic heterocycles. The molecular weight excluding hydrogens is 317 g/mol. The lowest BCUT2D eigenvalue weighted by atomic mass is 10.0. The molecule has 0 saturated carbocycles. The maximum absolute atomic E-state index is 12.5. The summed E-state index contributed by atoms with van der Waals surface area (Å²) in [5, 5.41) is 9.94. The number of halogens is 3. The Morgan fingerprint density at radius 1 is 0.958 bits per heavy atom. The van der Waals surface area contributed by atoms with E-state index >= 15 is 0 Å². The molecule has 24 heavy (non-hydrogen) atoms. The number of nitrogens with one attached hydrogen (secondary N) is 2. The summed E-state index contributed by atoms with van der Waals surface area (Å²) in [5.74, 6) is 0.442. The third-order valence-corrected chi connectivity index (χ3v) is 3.67. The lowest BCUT2D eigenvalue weighted by Gasteiger charge is -2.16. The molecule has 0 amide bonds. The van der Waals surface area contributed by atoms with Crippen LogP contribution in [0.15, 0.2) is 48.5 Å². The third-order valence-electron chi connectivity index (χ3n) is 3.67. The highest BCUT2D eigenvalue weighted by molar-refractivity contribution is 5.44. The highest BCUT2D eigenvalue weighted by Crippen LogP contribution is 2.29. The Morgan fingerprint density at radius 3 is 2.04 bits per heavy atom. The zero-order valence-corrected chi connectivity index (χ0v) is 13.6. The second kappa shape index (κ2) is 7.68. The molecule has 1 unspecified atom stereocenters. The number of hydrogen-bond donors (Lipinski definition) is 3. The fourth-order valence-electron chi connectivity index (χ4n) is 2.22. The van der Waals surface area contributed by atoms with E-state index in [1.165, 1.54) is 17.7 Å². The first-order chi connectivity index (χ1) is 11.3. The van der Waals surface area contributed by atoms with Crippen LogP contribution >= 0.6 is 0 Å². The van der Waals surface area contributed by atoms with Crippen molar-refractivity contribution in [1.29, 1.82) is 0 Å². The highest BCUT2D eigenvalue weighted by Gasteiger charge is 2.29. The number of hydrazine groups is 1. The van der Waals surface area contributed by atoms with Gasteiger partial charge in [-0.05, 0) is 41.3 Å². The SMILES string of the molecule is CC(C)c1ccc(NNC(O)Cc2ccc(C(F)(F)F)cc2)cc1. The number of aliphatic hydroxyl groups is 1. The summed E-state index contributed by atoms with van der Waals surface area (Å²) >= 11 is 0. The zero-order valence-electron chi connectivity index (χ0n) is 13.6. The van der Waals surface area contributed by atoms with Gasteiger partial charge in [0.15, 0.2) is 0 Å². The minimum absolute atomic E-state index is 0.190. The van der Waals surface area contributed by atoms with Crippen molar-refractivity contribution >= 4 is 5.69 Å². The van der Waals surface area contributed by atoms with Crippen molar-refractivity contribution in [2.75, 3.05) is 5.43 Å². The molecule has 2 aromatic rings. The van der Waals surface area contributed by atoms with Crippen LogP contribution in [0.25, 0.3) is 0 Å². The van der Waals surface area contributed by atoms with Crippen LogP contribution in [0.2, 0.25) is 0 Å². The molecule has 0 spiro atoms. The maximum Gasteiger partial charge on any atom is 0.416 e. The van der Waals surface area contributed by atoms with Crippen LogP contribution in [0.5, 0.6) is 0 Å². The molecule has 130 valence electrons. The molecule has 6 heteroatoms. The summed E-state index contributed by atoms with van der Waals surface area (Å²) in [6.07, 6.45) is -5.08. The van der Waals surface area contributed by atoms with Crippen molar-refractivity contribution in [3.63, 3.8) is 0 Å². The number of anilines is 1. The van der Waals surface area contributed by atoms with Gasteiger partial charge in [0.2, 0.25) is 0 Å². The van der Waals surface area contributed by atoms with Gasteiger partial charge in [-0.1, -0.05) is 38.1 Å². The van der Waals surface area contributed by atoms with E-state index < -0.39 is 18.0 Å². The number of aliphatic hydroxyl groups excluding tert-OH is 1. The van der Waals surface area contributed by atoms with E-state index in [2.05, 4.69) is 24.7 Å². The van der Waals surface area contributed by atoms with Crippen molar-refractivity contribution in [2.45, 2.75) is 38.6 Å². The van der Waals surface area contributed by atoms with Crippen LogP contribution in [0.1, 0.15) is 36.5 Å². The number of hydrogen-bond acceptors (Lipinski definition) is 3. The number of rotatable bonds is 6. The van der Waals surface area contributed by atoms with Crippen LogP contribution in [0.4, 0.5) is 18.9 Å². The summed E-state index contributed by atoms with van der Waals surface area (Å²) in [5.41, 5.74) is 7.54. The Balaban J connectivity index is 1.85. The average molecular weight is 338 g/mol. The largest absolute Gasteiger partial charge is 0.416 e. The first kappa shape index (κ1) is 18.3. The smallest absolute Gasteiger partial charge is 0.377 e. The number of benzene rings is 2. The van der Waals surface area contributed by atoms with E-state index in [0.717, 1.165) is 17.8 Å². The van der Waals surface area contributed by atoms with Crippen LogP contribution in [-0.2, 0) is 12.6 Å². The quantitative estimate of drug-likeness (QED) is 0.543. The molecular formula is C18H21F3N2O. The fraction of sp³-hybridized carbons (Fsp3) is 0.333. The molecule has 0 aliphatic carbocycles. The molecule has 0 aliphatic rings. The van der Waals surface area contributed by atoms with Crippen LogP contribution < -0.4 is 10.9 Å². The molecule has 1 atom stereocenters. The molecule has 0 heterocycles. The summed E-state index contributed by atoms with van der Waals surface area (Å²) in [7, 11) is 0. The van der Waals surface area contributed by atoms with Gasteiger partial charge >= 0.3 is 6.18 Å². The summed E-state index contributed by atoms with van der Waals surface area (Å²) < 4.78 is 37.5. The Hall–Kier alpha value is -2.05. The van der Waals surface area contributed by atoms with Crippen molar-refractivity contribution in [1.82, 2.24) is 5.43 Å². The molecule has 2 rings (SSSR count). The lowest BCUT2D eigenvalue weighted by molar-refractivity contribution is -0.137. The first-order valence-electron chi connectivity index (χ1n) is 7.71. The Bertz CT molecular complexity index is 637. The number of alkyl halides is 3. The Morgan fingerprint density at radius 2 is 1.54 bits per heavy atom. The molecule has 3 nitrogen and oxygen atoms in total. The van der Waals surface area contributed by atoms with Crippen LogP contribution in [0, 0.1) is 0 Å². The Kier molecular flexibility index (Phi) is 5.85. The molecule has 3 N–H and O–H groups in total. The summed E-state index contributed by atoms with van der Waals surface area (Å²) in [4.78, 5) is 0. The average Bonchev–Trinajstić information content (AvgIpc) is 2.53. The topological polar surface area (TPSA) is 44.3 Å². The standard InChI is InChI=1S/C18H21F3N2O/c1-12(2)14-5-9-16(10-6-14)22-23-17(24)11-13-3-7-15(8-4-13)18(19,20)21/h3-10,12,17,22-24H,11H2,1-2H3. The second-order valence-corrected chi connectivity index (χ2v) is 5.96. The van der Waals surface area contributed by atoms with Crippen LogP contribution in [0.3, 0.4) is 0 Å². The van der Waals surface area contributed by atoms with Crippen molar-refractivity contribution in [3.8, 4) is 0 Å². The molecule has 0 saturated heterocycles. The van der Waals surface area contributed by atoms with Gasteiger partial charge in [0.05, 0.1) is 5.56 Å². The van der Waals surface area contributed by atoms with E-state index in [9.17, 15) is 18.3 Å². The Labute approximate surface area is 139 Å². The van der Waals surface area contributed by atoms with Gasteiger partial charge in [-0.25, -0.2) is 5.43 Å². The van der Waals surface area contributed by atoms with Gasteiger partial charge in [-0.15, -0.1) is 0 Å². The molecule has 0 fully saturated rings. The zero-order chi connectivity index (χ0) is 17.7. The maximum atomic E-state index is 12.5. The van der Waals surface area contributed by atoms with Gasteiger partial charge in [0.1, 0.15) is 6.23 Å². The molecule has 0 radical (unpaired) electrons. The van der Waals surface area contributed by atoms with Gasteiger partial charge in [-0.2, -0.15) is 13.2 Å². The molecule has 0 aromatic heterocycles. The third kappa shape index (κ3) is 5.25. The molecule has 0 bridgehead atoms. The lowest BCUT2D eigenvalue weighted by Crippen LogP contribution is -2.35. The summed E-state index contributed by atoms with van der Waals surface area (Å²) in [6, 6.07) is 12.5. The first-order valence-corrected chi connectivity index (χ1v) is 7.71. The van der Waals surface area contributed by atoms with Gasteiger partial charge in [0.25, 0.3) is 0 Å².